The zero-order chi connectivity index (χ0) is 16.1. The molecule has 0 aliphatic heterocycles. The Morgan fingerprint density at radius 3 is 2.78 bits per heavy atom. The van der Waals surface area contributed by atoms with E-state index in [9.17, 15) is 4.79 Å². The maximum absolute atomic E-state index is 12.2. The molecule has 1 heterocycles. The fraction of sp³-hybridized carbons (Fsp3) is 0.471. The first kappa shape index (κ1) is 15.5. The van der Waals surface area contributed by atoms with Crippen LogP contribution in [0.2, 0.25) is 0 Å². The van der Waals surface area contributed by atoms with Gasteiger partial charge in [0.25, 0.3) is 6.20 Å². The van der Waals surface area contributed by atoms with Gasteiger partial charge >= 0.3 is 5.88 Å². The molecule has 0 unspecified atom stereocenters. The van der Waals surface area contributed by atoms with E-state index < -0.39 is 0 Å². The standard InChI is InChI=1S/C17H22N4O2/c1-20(12-14-8-4-2-5-9-14)21-13-16(23-19-21)18-17(22)15-10-6-3-7-11-15/h2,4-5,8-9,13,15H,3,6-7,10-12H2,1H3/p+1. The predicted molar refractivity (Wildman–Crippen MR) is 86.2 cm³/mol. The van der Waals surface area contributed by atoms with Crippen LogP contribution in [-0.4, -0.2) is 18.2 Å². The van der Waals surface area contributed by atoms with Gasteiger partial charge in [-0.05, 0) is 18.4 Å². The first-order chi connectivity index (χ1) is 11.2. The lowest BCUT2D eigenvalue weighted by Gasteiger charge is -2.19. The van der Waals surface area contributed by atoms with Crippen LogP contribution < -0.4 is 15.1 Å². The molecule has 0 bridgehead atoms. The molecule has 1 amide bonds. The van der Waals surface area contributed by atoms with Gasteiger partial charge in [-0.2, -0.15) is 5.01 Å². The maximum Gasteiger partial charge on any atom is 0.305 e. The molecule has 0 saturated heterocycles. The third kappa shape index (κ3) is 4.09. The first-order valence-electron chi connectivity index (χ1n) is 8.17. The number of hydrogen-bond donors (Lipinski definition) is 1. The van der Waals surface area contributed by atoms with E-state index >= 15 is 0 Å². The lowest BCUT2D eigenvalue weighted by atomic mass is 9.89. The Morgan fingerprint density at radius 2 is 2.04 bits per heavy atom. The van der Waals surface area contributed by atoms with Crippen molar-refractivity contribution in [1.82, 2.24) is 5.27 Å². The number of aromatic nitrogens is 2. The fourth-order valence-corrected chi connectivity index (χ4v) is 2.96. The van der Waals surface area contributed by atoms with Crippen LogP contribution in [0.5, 0.6) is 0 Å². The predicted octanol–water partition coefficient (Wildman–Crippen LogP) is 2.25. The molecule has 0 radical (unpaired) electrons. The number of benzene rings is 1. The SMILES string of the molecule is CN(Cc1ccccc1)[n+]1cc(NC(=O)C2CCCCC2)on1. The highest BCUT2D eigenvalue weighted by molar-refractivity contribution is 5.91. The molecule has 122 valence electrons. The third-order valence-electron chi connectivity index (χ3n) is 4.28. The number of carbonyl (C=O) groups excluding carboxylic acids is 1. The highest BCUT2D eigenvalue weighted by Gasteiger charge is 2.24. The Labute approximate surface area is 136 Å². The normalized spacial score (nSPS) is 15.3. The van der Waals surface area contributed by atoms with Gasteiger partial charge in [-0.3, -0.25) is 14.6 Å². The number of amides is 1. The van der Waals surface area contributed by atoms with Crippen LogP contribution >= 0.6 is 0 Å². The first-order valence-corrected chi connectivity index (χ1v) is 8.17. The molecular weight excluding hydrogens is 292 g/mol. The molecule has 0 spiro atoms. The molecule has 1 aromatic carbocycles. The van der Waals surface area contributed by atoms with E-state index in [1.54, 1.807) is 11.0 Å². The van der Waals surface area contributed by atoms with Crippen molar-refractivity contribution in [3.8, 4) is 0 Å². The van der Waals surface area contributed by atoms with Gasteiger partial charge in [-0.1, -0.05) is 49.6 Å². The average Bonchev–Trinajstić information content (AvgIpc) is 3.05. The lowest BCUT2D eigenvalue weighted by molar-refractivity contribution is -0.757. The summed E-state index contributed by atoms with van der Waals surface area (Å²) in [6.07, 6.45) is 7.13. The number of nitrogens with zero attached hydrogens (tertiary/aromatic N) is 3. The quantitative estimate of drug-likeness (QED) is 0.860. The minimum atomic E-state index is 0.0405. The van der Waals surface area contributed by atoms with E-state index in [1.807, 2.05) is 30.3 Å². The van der Waals surface area contributed by atoms with Crippen molar-refractivity contribution in [2.24, 2.45) is 5.92 Å². The number of anilines is 1. The Bertz CT molecular complexity index is 635. The number of nitrogens with one attached hydrogen (secondary N) is 1. The highest BCUT2D eigenvalue weighted by atomic mass is 16.5. The van der Waals surface area contributed by atoms with Gasteiger partial charge in [-0.15, -0.1) is 0 Å². The van der Waals surface area contributed by atoms with Crippen LogP contribution in [0, 0.1) is 5.92 Å². The largest absolute Gasteiger partial charge is 0.305 e. The Kier molecular flexibility index (Phi) is 4.90. The van der Waals surface area contributed by atoms with Gasteiger partial charge in [0.1, 0.15) is 6.54 Å². The number of rotatable bonds is 5. The van der Waals surface area contributed by atoms with Crippen molar-refractivity contribution in [3.05, 3.63) is 42.1 Å². The van der Waals surface area contributed by atoms with Crippen molar-refractivity contribution in [1.29, 1.82) is 0 Å². The summed E-state index contributed by atoms with van der Waals surface area (Å²) < 4.78 is 5.22. The van der Waals surface area contributed by atoms with Gasteiger partial charge in [0, 0.05) is 5.92 Å². The fourth-order valence-electron chi connectivity index (χ4n) is 2.96. The smallest absolute Gasteiger partial charge is 0.289 e. The summed E-state index contributed by atoms with van der Waals surface area (Å²) >= 11 is 0. The molecule has 1 aliphatic rings. The summed E-state index contributed by atoms with van der Waals surface area (Å²) in [7, 11) is 1.92. The Balaban J connectivity index is 1.57. The minimum absolute atomic E-state index is 0.0405. The molecule has 1 fully saturated rings. The van der Waals surface area contributed by atoms with E-state index in [-0.39, 0.29) is 11.8 Å². The van der Waals surface area contributed by atoms with Gasteiger partial charge < -0.3 is 0 Å². The van der Waals surface area contributed by atoms with E-state index in [1.165, 1.54) is 12.0 Å². The Hall–Kier alpha value is -2.37. The van der Waals surface area contributed by atoms with Crippen molar-refractivity contribution in [3.63, 3.8) is 0 Å². The molecule has 0 atom stereocenters. The molecule has 1 saturated carbocycles. The van der Waals surface area contributed by atoms with Crippen LogP contribution in [-0.2, 0) is 11.3 Å². The van der Waals surface area contributed by atoms with Gasteiger partial charge in [0.05, 0.1) is 11.8 Å². The van der Waals surface area contributed by atoms with Crippen LogP contribution in [0.4, 0.5) is 5.88 Å². The molecule has 6 nitrogen and oxygen atoms in total. The second-order valence-corrected chi connectivity index (χ2v) is 6.11. The molecule has 6 heteroatoms. The molecule has 2 aromatic rings. The van der Waals surface area contributed by atoms with E-state index in [4.69, 9.17) is 4.52 Å². The van der Waals surface area contributed by atoms with Crippen molar-refractivity contribution >= 4 is 11.8 Å². The van der Waals surface area contributed by atoms with Crippen molar-refractivity contribution in [2.75, 3.05) is 17.4 Å². The molecular formula is C17H23N4O2+. The van der Waals surface area contributed by atoms with E-state index in [0.29, 0.717) is 12.4 Å². The zero-order valence-electron chi connectivity index (χ0n) is 13.4. The second-order valence-electron chi connectivity index (χ2n) is 6.11. The van der Waals surface area contributed by atoms with Crippen LogP contribution in [0.3, 0.4) is 0 Å². The second kappa shape index (κ2) is 7.26. The topological polar surface area (TPSA) is 62.2 Å². The summed E-state index contributed by atoms with van der Waals surface area (Å²) in [4.78, 5) is 13.8. The maximum atomic E-state index is 12.2. The van der Waals surface area contributed by atoms with E-state index in [2.05, 4.69) is 22.7 Å². The molecule has 1 N–H and O–H groups in total. The summed E-state index contributed by atoms with van der Waals surface area (Å²) in [5, 5.41) is 8.71. The summed E-state index contributed by atoms with van der Waals surface area (Å²) in [5.41, 5.74) is 1.18. The van der Waals surface area contributed by atoms with Crippen LogP contribution in [0.15, 0.2) is 41.1 Å². The number of carbonyl (C=O) groups is 1. The van der Waals surface area contributed by atoms with Crippen molar-refractivity contribution in [2.45, 2.75) is 38.6 Å². The summed E-state index contributed by atoms with van der Waals surface area (Å²) in [6.45, 7) is 0.702. The molecule has 3 rings (SSSR count). The minimum Gasteiger partial charge on any atom is -0.289 e. The Morgan fingerprint density at radius 1 is 1.30 bits per heavy atom. The van der Waals surface area contributed by atoms with Gasteiger partial charge in [0.2, 0.25) is 11.2 Å². The van der Waals surface area contributed by atoms with Crippen molar-refractivity contribution < 1.29 is 14.1 Å². The lowest BCUT2D eigenvalue weighted by Crippen LogP contribution is -2.55. The molecule has 1 aliphatic carbocycles. The van der Waals surface area contributed by atoms with Gasteiger partial charge in [-0.25, -0.2) is 0 Å². The highest BCUT2D eigenvalue weighted by Crippen LogP contribution is 2.24. The molecule has 23 heavy (non-hydrogen) atoms. The van der Waals surface area contributed by atoms with Gasteiger partial charge in [0.15, 0.2) is 0 Å². The third-order valence-corrected chi connectivity index (χ3v) is 4.28. The van der Waals surface area contributed by atoms with Crippen LogP contribution in [0.25, 0.3) is 0 Å². The average molecular weight is 315 g/mol. The number of hydrogen-bond acceptors (Lipinski definition) is 4. The summed E-state index contributed by atoms with van der Waals surface area (Å²) in [5.74, 6) is 0.531. The summed E-state index contributed by atoms with van der Waals surface area (Å²) in [6, 6.07) is 10.1. The zero-order valence-corrected chi connectivity index (χ0v) is 13.4. The van der Waals surface area contributed by atoms with Crippen LogP contribution in [0.1, 0.15) is 37.7 Å². The molecule has 1 aromatic heterocycles. The monoisotopic (exact) mass is 315 g/mol. The van der Waals surface area contributed by atoms with E-state index in [0.717, 1.165) is 25.7 Å².